The van der Waals surface area contributed by atoms with Crippen LogP contribution < -0.4 is 0 Å². The van der Waals surface area contributed by atoms with Gasteiger partial charge in [-0.2, -0.15) is 4.37 Å². The molecule has 12 heavy (non-hydrogen) atoms. The molecular weight excluding hydrogens is 170 g/mol. The molecule has 0 bridgehead atoms. The average Bonchev–Trinajstić information content (AvgIpc) is 2.49. The Labute approximate surface area is 74.6 Å². The monoisotopic (exact) mass is 179 g/mol. The van der Waals surface area contributed by atoms with E-state index in [2.05, 4.69) is 4.37 Å². The van der Waals surface area contributed by atoms with E-state index in [9.17, 15) is 5.11 Å². The number of fused-ring (bicyclic) bond motifs is 1. The van der Waals surface area contributed by atoms with Gasteiger partial charge in [-0.3, -0.25) is 0 Å². The van der Waals surface area contributed by atoms with Gasteiger partial charge in [0.15, 0.2) is 0 Å². The van der Waals surface area contributed by atoms with Crippen LogP contribution in [0.3, 0.4) is 0 Å². The van der Waals surface area contributed by atoms with Crippen LogP contribution in [0.4, 0.5) is 0 Å². The standard InChI is InChI=1S/C9H9NOS/c1-6(11)7-2-3-8-5-10-12-9(8)4-7/h2-6,11H,1H3. The maximum atomic E-state index is 9.30. The van der Waals surface area contributed by atoms with Crippen LogP contribution in [-0.2, 0) is 0 Å². The zero-order valence-corrected chi connectivity index (χ0v) is 7.51. The predicted molar refractivity (Wildman–Crippen MR) is 50.3 cm³/mol. The minimum atomic E-state index is -0.392. The highest BCUT2D eigenvalue weighted by Gasteiger charge is 2.02. The molecule has 0 saturated carbocycles. The summed E-state index contributed by atoms with van der Waals surface area (Å²) in [6.07, 6.45) is 1.45. The molecule has 1 aromatic heterocycles. The summed E-state index contributed by atoms with van der Waals surface area (Å²) >= 11 is 1.46. The van der Waals surface area contributed by atoms with Gasteiger partial charge >= 0.3 is 0 Å². The molecule has 0 aliphatic carbocycles. The molecule has 2 nitrogen and oxygen atoms in total. The smallest absolute Gasteiger partial charge is 0.0762 e. The van der Waals surface area contributed by atoms with Crippen LogP contribution in [0, 0.1) is 0 Å². The van der Waals surface area contributed by atoms with Gasteiger partial charge in [0.05, 0.1) is 10.8 Å². The fourth-order valence-corrected chi connectivity index (χ4v) is 1.83. The molecule has 62 valence electrons. The summed E-state index contributed by atoms with van der Waals surface area (Å²) in [5.74, 6) is 0. The van der Waals surface area contributed by atoms with Gasteiger partial charge in [-0.1, -0.05) is 12.1 Å². The number of aliphatic hydroxyl groups is 1. The van der Waals surface area contributed by atoms with E-state index in [1.165, 1.54) is 11.5 Å². The van der Waals surface area contributed by atoms with Crippen molar-refractivity contribution in [3.8, 4) is 0 Å². The van der Waals surface area contributed by atoms with E-state index in [1.54, 1.807) is 6.92 Å². The van der Waals surface area contributed by atoms with E-state index in [1.807, 2.05) is 24.4 Å². The second-order valence-corrected chi connectivity index (χ2v) is 3.63. The molecule has 0 radical (unpaired) electrons. The van der Waals surface area contributed by atoms with Gasteiger partial charge in [-0.05, 0) is 30.1 Å². The quantitative estimate of drug-likeness (QED) is 0.729. The Morgan fingerprint density at radius 2 is 2.33 bits per heavy atom. The van der Waals surface area contributed by atoms with Crippen LogP contribution in [-0.4, -0.2) is 9.48 Å². The zero-order chi connectivity index (χ0) is 8.55. The first-order chi connectivity index (χ1) is 5.77. The normalized spacial score (nSPS) is 13.5. The average molecular weight is 179 g/mol. The van der Waals surface area contributed by atoms with Gasteiger partial charge in [0.25, 0.3) is 0 Å². The lowest BCUT2D eigenvalue weighted by Gasteiger charge is -2.02. The van der Waals surface area contributed by atoms with Crippen LogP contribution in [0.1, 0.15) is 18.6 Å². The third kappa shape index (κ3) is 1.21. The highest BCUT2D eigenvalue weighted by Crippen LogP contribution is 2.22. The first-order valence-corrected chi connectivity index (χ1v) is 4.57. The molecule has 0 aliphatic rings. The second kappa shape index (κ2) is 2.84. The molecular formula is C9H9NOS. The van der Waals surface area contributed by atoms with Gasteiger partial charge in [-0.25, -0.2) is 0 Å². The van der Waals surface area contributed by atoms with Crippen LogP contribution in [0.15, 0.2) is 24.4 Å². The summed E-state index contributed by atoms with van der Waals surface area (Å²) in [7, 11) is 0. The minimum absolute atomic E-state index is 0.392. The molecule has 1 N–H and O–H groups in total. The van der Waals surface area contributed by atoms with Crippen molar-refractivity contribution in [2.45, 2.75) is 13.0 Å². The Morgan fingerprint density at radius 1 is 1.50 bits per heavy atom. The van der Waals surface area contributed by atoms with E-state index in [4.69, 9.17) is 0 Å². The first-order valence-electron chi connectivity index (χ1n) is 3.80. The maximum absolute atomic E-state index is 9.30. The van der Waals surface area contributed by atoms with Gasteiger partial charge in [0.2, 0.25) is 0 Å². The highest BCUT2D eigenvalue weighted by molar-refractivity contribution is 7.13. The van der Waals surface area contributed by atoms with Crippen molar-refractivity contribution in [3.63, 3.8) is 0 Å². The van der Waals surface area contributed by atoms with E-state index < -0.39 is 6.10 Å². The van der Waals surface area contributed by atoms with Crippen molar-refractivity contribution in [1.82, 2.24) is 4.37 Å². The van der Waals surface area contributed by atoms with Crippen molar-refractivity contribution < 1.29 is 5.11 Å². The van der Waals surface area contributed by atoms with Crippen molar-refractivity contribution in [2.24, 2.45) is 0 Å². The molecule has 0 amide bonds. The zero-order valence-electron chi connectivity index (χ0n) is 6.69. The lowest BCUT2D eigenvalue weighted by molar-refractivity contribution is 0.199. The number of aliphatic hydroxyl groups excluding tert-OH is 1. The van der Waals surface area contributed by atoms with Gasteiger partial charge in [0.1, 0.15) is 0 Å². The fourth-order valence-electron chi connectivity index (χ4n) is 1.14. The summed E-state index contributed by atoms with van der Waals surface area (Å²) in [6.45, 7) is 1.77. The molecule has 3 heteroatoms. The summed E-state index contributed by atoms with van der Waals surface area (Å²) in [4.78, 5) is 0. The molecule has 0 saturated heterocycles. The number of hydrogen-bond donors (Lipinski definition) is 1. The summed E-state index contributed by atoms with van der Waals surface area (Å²) in [6, 6.07) is 5.90. The van der Waals surface area contributed by atoms with Gasteiger partial charge in [0, 0.05) is 11.6 Å². The SMILES string of the molecule is CC(O)c1ccc2cnsc2c1. The van der Waals surface area contributed by atoms with Crippen molar-refractivity contribution in [3.05, 3.63) is 30.0 Å². The molecule has 1 atom stereocenters. The summed E-state index contributed by atoms with van der Waals surface area (Å²) in [5.41, 5.74) is 0.951. The molecule has 2 aromatic rings. The van der Waals surface area contributed by atoms with Crippen molar-refractivity contribution in [1.29, 1.82) is 0 Å². The third-order valence-electron chi connectivity index (χ3n) is 1.86. The van der Waals surface area contributed by atoms with E-state index in [0.717, 1.165) is 15.6 Å². The first kappa shape index (κ1) is 7.71. The Morgan fingerprint density at radius 3 is 3.08 bits per heavy atom. The number of hydrogen-bond acceptors (Lipinski definition) is 3. The van der Waals surface area contributed by atoms with Crippen LogP contribution in [0.25, 0.3) is 10.1 Å². The van der Waals surface area contributed by atoms with E-state index in [0.29, 0.717) is 0 Å². The Bertz CT molecular complexity index is 394. The number of nitrogens with zero attached hydrogens (tertiary/aromatic N) is 1. The van der Waals surface area contributed by atoms with Crippen LogP contribution in [0.5, 0.6) is 0 Å². The molecule has 1 aromatic carbocycles. The Hall–Kier alpha value is -0.930. The van der Waals surface area contributed by atoms with Crippen LogP contribution >= 0.6 is 11.5 Å². The summed E-state index contributed by atoms with van der Waals surface area (Å²) < 4.78 is 5.19. The highest BCUT2D eigenvalue weighted by atomic mass is 32.1. The molecule has 0 fully saturated rings. The molecule has 1 unspecified atom stereocenters. The lowest BCUT2D eigenvalue weighted by Crippen LogP contribution is -1.88. The van der Waals surface area contributed by atoms with Gasteiger partial charge in [-0.15, -0.1) is 0 Å². The van der Waals surface area contributed by atoms with Crippen LogP contribution in [0.2, 0.25) is 0 Å². The fraction of sp³-hybridized carbons (Fsp3) is 0.222. The Kier molecular flexibility index (Phi) is 1.83. The summed E-state index contributed by atoms with van der Waals surface area (Å²) in [5, 5.41) is 10.4. The Balaban J connectivity index is 2.60. The molecule has 1 heterocycles. The largest absolute Gasteiger partial charge is 0.389 e. The maximum Gasteiger partial charge on any atom is 0.0762 e. The molecule has 2 rings (SSSR count). The third-order valence-corrected chi connectivity index (χ3v) is 2.62. The molecule has 0 aliphatic heterocycles. The predicted octanol–water partition coefficient (Wildman–Crippen LogP) is 2.35. The van der Waals surface area contributed by atoms with E-state index >= 15 is 0 Å². The lowest BCUT2D eigenvalue weighted by atomic mass is 10.1. The van der Waals surface area contributed by atoms with Crippen molar-refractivity contribution >= 4 is 21.6 Å². The molecule has 0 spiro atoms. The van der Waals surface area contributed by atoms with Gasteiger partial charge < -0.3 is 5.11 Å². The minimum Gasteiger partial charge on any atom is -0.389 e. The topological polar surface area (TPSA) is 33.1 Å². The number of aromatic nitrogens is 1. The second-order valence-electron chi connectivity index (χ2n) is 2.80. The number of rotatable bonds is 1. The number of benzene rings is 1. The van der Waals surface area contributed by atoms with E-state index in [-0.39, 0.29) is 0 Å². The van der Waals surface area contributed by atoms with Crippen molar-refractivity contribution in [2.75, 3.05) is 0 Å².